The van der Waals surface area contributed by atoms with Gasteiger partial charge >= 0.3 is 19.3 Å². The van der Waals surface area contributed by atoms with Gasteiger partial charge in [-0.15, -0.1) is 0 Å². The van der Waals surface area contributed by atoms with Crippen molar-refractivity contribution in [1.29, 1.82) is 0 Å². The van der Waals surface area contributed by atoms with Crippen LogP contribution in [0.1, 0.15) is 38.1 Å². The van der Waals surface area contributed by atoms with E-state index in [0.29, 0.717) is 9.94 Å². The minimum absolute atomic E-state index is 0.0154. The monoisotopic (exact) mass is 408 g/mol. The van der Waals surface area contributed by atoms with Crippen LogP contribution in [0.25, 0.3) is 0 Å². The highest BCUT2D eigenvalue weighted by Crippen LogP contribution is 2.36. The second-order valence-corrected chi connectivity index (χ2v) is 7.47. The molecule has 0 aromatic heterocycles. The topological polar surface area (TPSA) is 44.8 Å². The number of hydrogen-bond donors (Lipinski definition) is 0. The van der Waals surface area contributed by atoms with Gasteiger partial charge in [-0.2, -0.15) is 13.2 Å². The van der Waals surface area contributed by atoms with E-state index in [4.69, 9.17) is 9.31 Å². The highest BCUT2D eigenvalue weighted by molar-refractivity contribution is 9.10. The fourth-order valence-corrected chi connectivity index (χ4v) is 2.59. The lowest BCUT2D eigenvalue weighted by molar-refractivity contribution is -0.161. The Balaban J connectivity index is 2.22. The van der Waals surface area contributed by atoms with Crippen molar-refractivity contribution >= 4 is 34.5 Å². The normalized spacial score (nSPS) is 19.4. The Kier molecular flexibility index (Phi) is 5.10. The summed E-state index contributed by atoms with van der Waals surface area (Å²) in [5, 5.41) is 0. The molecule has 1 aliphatic rings. The first kappa shape index (κ1) is 19.3. The zero-order chi connectivity index (χ0) is 18.3. The lowest BCUT2D eigenvalue weighted by atomic mass is 9.78. The standard InChI is InChI=1S/C15H17BBrF3O4/c1-13(2)14(3,4)24-16(23-13)10-5-9(6-11(17)7-10)12(21)22-8-15(18,19)20/h5-7H,8H2,1-4H3. The average molecular weight is 409 g/mol. The molecule has 0 aliphatic carbocycles. The number of halogens is 4. The Morgan fingerprint density at radius 3 is 2.21 bits per heavy atom. The van der Waals surface area contributed by atoms with Gasteiger partial charge in [0.2, 0.25) is 0 Å². The average Bonchev–Trinajstić information content (AvgIpc) is 2.63. The fourth-order valence-electron chi connectivity index (χ4n) is 2.08. The fraction of sp³-hybridized carbons (Fsp3) is 0.533. The van der Waals surface area contributed by atoms with Gasteiger partial charge in [-0.3, -0.25) is 0 Å². The van der Waals surface area contributed by atoms with E-state index in [2.05, 4.69) is 20.7 Å². The summed E-state index contributed by atoms with van der Waals surface area (Å²) in [6.07, 6.45) is -4.57. The lowest BCUT2D eigenvalue weighted by Gasteiger charge is -2.32. The van der Waals surface area contributed by atoms with Gasteiger partial charge in [-0.25, -0.2) is 4.79 Å². The summed E-state index contributed by atoms with van der Waals surface area (Å²) >= 11 is 3.23. The van der Waals surface area contributed by atoms with Crippen molar-refractivity contribution in [1.82, 2.24) is 0 Å². The minimum atomic E-state index is -4.57. The molecule has 2 rings (SSSR count). The summed E-state index contributed by atoms with van der Waals surface area (Å²) in [6.45, 7) is 5.88. The zero-order valence-corrected chi connectivity index (χ0v) is 15.2. The molecule has 1 aromatic rings. The van der Waals surface area contributed by atoms with Crippen LogP contribution in [-0.2, 0) is 14.0 Å². The summed E-state index contributed by atoms with van der Waals surface area (Å²) in [4.78, 5) is 11.8. The second kappa shape index (κ2) is 6.35. The second-order valence-electron chi connectivity index (χ2n) is 6.55. The van der Waals surface area contributed by atoms with Gasteiger partial charge in [0.25, 0.3) is 0 Å². The highest BCUT2D eigenvalue weighted by Gasteiger charge is 2.51. The van der Waals surface area contributed by atoms with Crippen LogP contribution in [0.2, 0.25) is 0 Å². The molecular weight excluding hydrogens is 392 g/mol. The number of carbonyl (C=O) groups excluding carboxylic acids is 1. The number of hydrogen-bond acceptors (Lipinski definition) is 4. The van der Waals surface area contributed by atoms with Gasteiger partial charge in [0, 0.05) is 4.47 Å². The molecule has 0 radical (unpaired) electrons. The van der Waals surface area contributed by atoms with E-state index in [-0.39, 0.29) is 5.56 Å². The molecule has 24 heavy (non-hydrogen) atoms. The number of carbonyl (C=O) groups is 1. The van der Waals surface area contributed by atoms with Crippen LogP contribution < -0.4 is 5.46 Å². The van der Waals surface area contributed by atoms with Crippen molar-refractivity contribution in [2.75, 3.05) is 6.61 Å². The highest BCUT2D eigenvalue weighted by atomic mass is 79.9. The van der Waals surface area contributed by atoms with Gasteiger partial charge in [0.1, 0.15) is 0 Å². The van der Waals surface area contributed by atoms with Crippen LogP contribution in [-0.4, -0.2) is 37.1 Å². The van der Waals surface area contributed by atoms with Gasteiger partial charge < -0.3 is 14.0 Å². The van der Waals surface area contributed by atoms with Crippen molar-refractivity contribution < 1.29 is 32.0 Å². The molecule has 0 amide bonds. The first-order chi connectivity index (χ1) is 10.8. The van der Waals surface area contributed by atoms with E-state index < -0.39 is 37.1 Å². The molecule has 1 aliphatic heterocycles. The Bertz CT molecular complexity index is 630. The molecule has 9 heteroatoms. The van der Waals surface area contributed by atoms with Crippen LogP contribution in [0, 0.1) is 0 Å². The number of ether oxygens (including phenoxy) is 1. The summed E-state index contributed by atoms with van der Waals surface area (Å²) in [7, 11) is -0.735. The van der Waals surface area contributed by atoms with E-state index in [1.165, 1.54) is 12.1 Å². The molecule has 0 atom stereocenters. The smallest absolute Gasteiger partial charge is 0.452 e. The van der Waals surface area contributed by atoms with Crippen LogP contribution in [0.3, 0.4) is 0 Å². The van der Waals surface area contributed by atoms with Crippen LogP contribution >= 0.6 is 15.9 Å². The number of benzene rings is 1. The maximum Gasteiger partial charge on any atom is 0.494 e. The van der Waals surface area contributed by atoms with E-state index in [0.717, 1.165) is 0 Å². The van der Waals surface area contributed by atoms with E-state index in [1.807, 2.05) is 27.7 Å². The summed E-state index contributed by atoms with van der Waals surface area (Å²) in [5.41, 5.74) is -0.645. The van der Waals surface area contributed by atoms with Crippen molar-refractivity contribution in [2.24, 2.45) is 0 Å². The van der Waals surface area contributed by atoms with Crippen LogP contribution in [0.5, 0.6) is 0 Å². The first-order valence-corrected chi connectivity index (χ1v) is 8.00. The number of alkyl halides is 3. The van der Waals surface area contributed by atoms with E-state index >= 15 is 0 Å². The molecular formula is C15H17BBrF3O4. The molecule has 1 aromatic carbocycles. The van der Waals surface area contributed by atoms with E-state index in [9.17, 15) is 18.0 Å². The van der Waals surface area contributed by atoms with Gasteiger partial charge in [0.15, 0.2) is 6.61 Å². The molecule has 0 bridgehead atoms. The maximum absolute atomic E-state index is 12.2. The molecule has 1 fully saturated rings. The predicted molar refractivity (Wildman–Crippen MR) is 86.2 cm³/mol. The molecule has 0 N–H and O–H groups in total. The van der Waals surface area contributed by atoms with Crippen LogP contribution in [0.15, 0.2) is 22.7 Å². The third kappa shape index (κ3) is 4.31. The van der Waals surface area contributed by atoms with E-state index in [1.54, 1.807) is 6.07 Å². The predicted octanol–water partition coefficient (Wildman–Crippen LogP) is 3.47. The van der Waals surface area contributed by atoms with Gasteiger partial charge in [0.05, 0.1) is 16.8 Å². The lowest BCUT2D eigenvalue weighted by Crippen LogP contribution is -2.41. The first-order valence-electron chi connectivity index (χ1n) is 7.21. The van der Waals surface area contributed by atoms with Crippen molar-refractivity contribution in [3.63, 3.8) is 0 Å². The third-order valence-corrected chi connectivity index (χ3v) is 4.51. The zero-order valence-electron chi connectivity index (χ0n) is 13.7. The molecule has 0 spiro atoms. The molecule has 0 saturated carbocycles. The Hall–Kier alpha value is -1.06. The van der Waals surface area contributed by atoms with Gasteiger partial charge in [-0.1, -0.05) is 15.9 Å². The third-order valence-electron chi connectivity index (χ3n) is 4.05. The summed E-state index contributed by atoms with van der Waals surface area (Å²) in [5.74, 6) is -1.06. The Labute approximate surface area is 146 Å². The Morgan fingerprint density at radius 1 is 1.17 bits per heavy atom. The SMILES string of the molecule is CC1(C)OB(c2cc(Br)cc(C(=O)OCC(F)(F)F)c2)OC1(C)C. The molecule has 1 heterocycles. The summed E-state index contributed by atoms with van der Waals surface area (Å²) < 4.78 is 53.1. The largest absolute Gasteiger partial charge is 0.494 e. The van der Waals surface area contributed by atoms with Crippen molar-refractivity contribution in [3.8, 4) is 0 Å². The van der Waals surface area contributed by atoms with Crippen molar-refractivity contribution in [3.05, 3.63) is 28.2 Å². The molecule has 132 valence electrons. The maximum atomic E-state index is 12.2. The summed E-state index contributed by atoms with van der Waals surface area (Å²) in [6, 6.07) is 4.47. The molecule has 1 saturated heterocycles. The van der Waals surface area contributed by atoms with Crippen molar-refractivity contribution in [2.45, 2.75) is 45.1 Å². The number of rotatable bonds is 3. The molecule has 4 nitrogen and oxygen atoms in total. The minimum Gasteiger partial charge on any atom is -0.452 e. The number of esters is 1. The molecule has 0 unspecified atom stereocenters. The van der Waals surface area contributed by atoms with Crippen LogP contribution in [0.4, 0.5) is 13.2 Å². The quantitative estimate of drug-likeness (QED) is 0.567. The van der Waals surface area contributed by atoms with Gasteiger partial charge in [-0.05, 0) is 51.4 Å². The Morgan fingerprint density at radius 2 is 1.71 bits per heavy atom.